The summed E-state index contributed by atoms with van der Waals surface area (Å²) in [6, 6.07) is 0. The van der Waals surface area contributed by atoms with Crippen molar-refractivity contribution in [2.45, 2.75) is 6.92 Å². The minimum absolute atomic E-state index is 0. The molecule has 3 nitrogen and oxygen atoms in total. The van der Waals surface area contributed by atoms with Crippen LogP contribution in [-0.4, -0.2) is 9.78 Å². The largest absolute Gasteiger partial charge is 0.382 e. The molecular formula is C5H11Cl2N3. The van der Waals surface area contributed by atoms with Gasteiger partial charge in [-0.3, -0.25) is 4.68 Å². The zero-order valence-corrected chi connectivity index (χ0v) is 7.50. The number of aromatic nitrogens is 2. The molecule has 0 aliphatic heterocycles. The lowest BCUT2D eigenvalue weighted by atomic mass is 10.4. The normalized spacial score (nSPS) is 7.80. The van der Waals surface area contributed by atoms with Crippen LogP contribution in [0.1, 0.15) is 5.56 Å². The summed E-state index contributed by atoms with van der Waals surface area (Å²) in [5.74, 6) is 0.618. The molecule has 0 saturated carbocycles. The summed E-state index contributed by atoms with van der Waals surface area (Å²) >= 11 is 0. The summed E-state index contributed by atoms with van der Waals surface area (Å²) in [7, 11) is 1.85. The Morgan fingerprint density at radius 2 is 2.00 bits per heavy atom. The molecule has 0 bridgehead atoms. The van der Waals surface area contributed by atoms with Crippen molar-refractivity contribution in [3.05, 3.63) is 11.8 Å². The molecule has 0 spiro atoms. The Morgan fingerprint density at radius 1 is 1.50 bits per heavy atom. The van der Waals surface area contributed by atoms with Gasteiger partial charge in [0.1, 0.15) is 5.82 Å². The fourth-order valence-electron chi connectivity index (χ4n) is 0.624. The van der Waals surface area contributed by atoms with Gasteiger partial charge in [-0.05, 0) is 6.92 Å². The van der Waals surface area contributed by atoms with Gasteiger partial charge in [-0.2, -0.15) is 5.10 Å². The number of halogens is 2. The standard InChI is InChI=1S/C5H9N3.2ClH/c1-4-3-8(2)7-5(4)6;;/h3H,1-2H3,(H2,6,7);2*1H. The maximum Gasteiger partial charge on any atom is 0.148 e. The zero-order valence-electron chi connectivity index (χ0n) is 5.87. The van der Waals surface area contributed by atoms with Crippen molar-refractivity contribution in [1.82, 2.24) is 9.78 Å². The van der Waals surface area contributed by atoms with Crippen LogP contribution in [0, 0.1) is 6.92 Å². The Kier molecular flexibility index (Phi) is 5.42. The summed E-state index contributed by atoms with van der Waals surface area (Å²) in [5, 5.41) is 3.91. The number of nitrogen functional groups attached to an aromatic ring is 1. The maximum absolute atomic E-state index is 5.41. The van der Waals surface area contributed by atoms with Gasteiger partial charge in [0.15, 0.2) is 0 Å². The molecule has 0 amide bonds. The molecule has 0 fully saturated rings. The Labute approximate surface area is 72.4 Å². The van der Waals surface area contributed by atoms with Gasteiger partial charge in [0.2, 0.25) is 0 Å². The smallest absolute Gasteiger partial charge is 0.148 e. The summed E-state index contributed by atoms with van der Waals surface area (Å²) in [4.78, 5) is 0. The van der Waals surface area contributed by atoms with E-state index in [0.29, 0.717) is 5.82 Å². The number of hydrogen-bond acceptors (Lipinski definition) is 2. The van der Waals surface area contributed by atoms with E-state index in [1.807, 2.05) is 20.2 Å². The molecule has 1 heterocycles. The van der Waals surface area contributed by atoms with E-state index in [-0.39, 0.29) is 24.8 Å². The first kappa shape index (κ1) is 12.3. The molecule has 0 unspecified atom stereocenters. The predicted octanol–water partition coefficient (Wildman–Crippen LogP) is 1.15. The molecule has 2 N–H and O–H groups in total. The number of anilines is 1. The van der Waals surface area contributed by atoms with Gasteiger partial charge >= 0.3 is 0 Å². The highest BCUT2D eigenvalue weighted by Gasteiger charge is 1.93. The second-order valence-corrected chi connectivity index (χ2v) is 1.87. The van der Waals surface area contributed by atoms with Gasteiger partial charge in [0.05, 0.1) is 0 Å². The van der Waals surface area contributed by atoms with Crippen LogP contribution in [0.4, 0.5) is 5.82 Å². The Bertz CT molecular complexity index is 177. The lowest BCUT2D eigenvalue weighted by Crippen LogP contribution is -1.90. The Hall–Kier alpha value is -0.410. The number of aryl methyl sites for hydroxylation is 2. The Balaban J connectivity index is 0. The lowest BCUT2D eigenvalue weighted by molar-refractivity contribution is 0.771. The Morgan fingerprint density at radius 3 is 2.10 bits per heavy atom. The van der Waals surface area contributed by atoms with Crippen LogP contribution in [0.15, 0.2) is 6.20 Å². The second kappa shape index (κ2) is 4.41. The van der Waals surface area contributed by atoms with Crippen LogP contribution in [0.2, 0.25) is 0 Å². The van der Waals surface area contributed by atoms with Crippen molar-refractivity contribution in [3.63, 3.8) is 0 Å². The van der Waals surface area contributed by atoms with Crippen molar-refractivity contribution in [3.8, 4) is 0 Å². The van der Waals surface area contributed by atoms with Crippen LogP contribution in [0.3, 0.4) is 0 Å². The topological polar surface area (TPSA) is 43.8 Å². The van der Waals surface area contributed by atoms with E-state index in [9.17, 15) is 0 Å². The molecule has 0 aromatic carbocycles. The van der Waals surface area contributed by atoms with Crippen LogP contribution in [0.25, 0.3) is 0 Å². The highest BCUT2D eigenvalue weighted by Crippen LogP contribution is 2.03. The fourth-order valence-corrected chi connectivity index (χ4v) is 0.624. The number of nitrogens with two attached hydrogens (primary N) is 1. The molecule has 5 heteroatoms. The zero-order chi connectivity index (χ0) is 6.15. The molecule has 0 aliphatic carbocycles. The average molecular weight is 184 g/mol. The third kappa shape index (κ3) is 2.45. The molecule has 0 atom stereocenters. The van der Waals surface area contributed by atoms with Crippen molar-refractivity contribution in [2.75, 3.05) is 5.73 Å². The highest BCUT2D eigenvalue weighted by atomic mass is 35.5. The van der Waals surface area contributed by atoms with Crippen molar-refractivity contribution in [2.24, 2.45) is 7.05 Å². The first-order valence-corrected chi connectivity index (χ1v) is 2.46. The summed E-state index contributed by atoms with van der Waals surface area (Å²) in [6.45, 7) is 1.93. The van der Waals surface area contributed by atoms with E-state index in [2.05, 4.69) is 5.10 Å². The van der Waals surface area contributed by atoms with Crippen molar-refractivity contribution in [1.29, 1.82) is 0 Å². The summed E-state index contributed by atoms with van der Waals surface area (Å²) in [5.41, 5.74) is 6.44. The van der Waals surface area contributed by atoms with Gasteiger partial charge in [-0.1, -0.05) is 0 Å². The van der Waals surface area contributed by atoms with Gasteiger partial charge in [-0.15, -0.1) is 24.8 Å². The van der Waals surface area contributed by atoms with E-state index in [1.165, 1.54) is 0 Å². The molecule has 0 aliphatic rings. The first-order valence-electron chi connectivity index (χ1n) is 2.46. The van der Waals surface area contributed by atoms with Gasteiger partial charge < -0.3 is 5.73 Å². The molecule has 0 saturated heterocycles. The van der Waals surface area contributed by atoms with Gasteiger partial charge in [-0.25, -0.2) is 0 Å². The molecule has 1 aromatic heterocycles. The molecule has 60 valence electrons. The van der Waals surface area contributed by atoms with E-state index in [1.54, 1.807) is 4.68 Å². The summed E-state index contributed by atoms with van der Waals surface area (Å²) in [6.07, 6.45) is 1.88. The SMILES string of the molecule is Cc1cn(C)nc1N.Cl.Cl. The molecular weight excluding hydrogens is 173 g/mol. The third-order valence-corrected chi connectivity index (χ3v) is 1.05. The van der Waals surface area contributed by atoms with E-state index in [0.717, 1.165) is 5.56 Å². The monoisotopic (exact) mass is 183 g/mol. The number of nitrogens with zero attached hydrogens (tertiary/aromatic N) is 2. The van der Waals surface area contributed by atoms with Gasteiger partial charge in [0, 0.05) is 18.8 Å². The number of rotatable bonds is 0. The van der Waals surface area contributed by atoms with Crippen molar-refractivity contribution < 1.29 is 0 Å². The van der Waals surface area contributed by atoms with E-state index < -0.39 is 0 Å². The minimum atomic E-state index is 0. The average Bonchev–Trinajstić information content (AvgIpc) is 1.85. The van der Waals surface area contributed by atoms with Gasteiger partial charge in [0.25, 0.3) is 0 Å². The second-order valence-electron chi connectivity index (χ2n) is 1.87. The van der Waals surface area contributed by atoms with Crippen LogP contribution < -0.4 is 5.73 Å². The fraction of sp³-hybridized carbons (Fsp3) is 0.400. The third-order valence-electron chi connectivity index (χ3n) is 1.05. The quantitative estimate of drug-likeness (QED) is 0.657. The minimum Gasteiger partial charge on any atom is -0.382 e. The summed E-state index contributed by atoms with van der Waals surface area (Å²) < 4.78 is 1.70. The van der Waals surface area contributed by atoms with Crippen LogP contribution in [0.5, 0.6) is 0 Å². The van der Waals surface area contributed by atoms with E-state index >= 15 is 0 Å². The van der Waals surface area contributed by atoms with E-state index in [4.69, 9.17) is 5.73 Å². The predicted molar refractivity (Wildman–Crippen MR) is 46.9 cm³/mol. The van der Waals surface area contributed by atoms with Crippen LogP contribution >= 0.6 is 24.8 Å². The van der Waals surface area contributed by atoms with Crippen molar-refractivity contribution >= 4 is 30.6 Å². The lowest BCUT2D eigenvalue weighted by Gasteiger charge is -1.80. The highest BCUT2D eigenvalue weighted by molar-refractivity contribution is 5.85. The molecule has 0 radical (unpaired) electrons. The molecule has 10 heavy (non-hydrogen) atoms. The number of hydrogen-bond donors (Lipinski definition) is 1. The molecule has 1 rings (SSSR count). The first-order chi connectivity index (χ1) is 3.70. The molecule has 1 aromatic rings. The van der Waals surface area contributed by atoms with Crippen LogP contribution in [-0.2, 0) is 7.05 Å². The maximum atomic E-state index is 5.41.